The zero-order valence-electron chi connectivity index (χ0n) is 10.5. The molecule has 6 nitrogen and oxygen atoms in total. The molecule has 0 aliphatic carbocycles. The smallest absolute Gasteiger partial charge is 0.310 e. The van der Waals surface area contributed by atoms with E-state index in [9.17, 15) is 10.1 Å². The molecule has 19 heavy (non-hydrogen) atoms. The third-order valence-electron chi connectivity index (χ3n) is 2.81. The third-order valence-corrected chi connectivity index (χ3v) is 2.81. The van der Waals surface area contributed by atoms with Crippen LogP contribution < -0.4 is 5.32 Å². The van der Waals surface area contributed by atoms with Crippen LogP contribution in [-0.4, -0.2) is 14.9 Å². The van der Waals surface area contributed by atoms with Crippen molar-refractivity contribution in [3.63, 3.8) is 0 Å². The van der Waals surface area contributed by atoms with Crippen LogP contribution in [0.2, 0.25) is 0 Å². The van der Waals surface area contributed by atoms with Gasteiger partial charge in [0.1, 0.15) is 11.9 Å². The zero-order valence-corrected chi connectivity index (χ0v) is 10.5. The van der Waals surface area contributed by atoms with Crippen LogP contribution >= 0.6 is 0 Å². The van der Waals surface area contributed by atoms with Crippen molar-refractivity contribution in [1.29, 1.82) is 0 Å². The lowest BCUT2D eigenvalue weighted by atomic mass is 10.1. The highest BCUT2D eigenvalue weighted by atomic mass is 16.6. The van der Waals surface area contributed by atoms with E-state index in [1.165, 1.54) is 12.4 Å². The summed E-state index contributed by atoms with van der Waals surface area (Å²) >= 11 is 0. The Labute approximate surface area is 110 Å². The Kier molecular flexibility index (Phi) is 4.02. The summed E-state index contributed by atoms with van der Waals surface area (Å²) in [6.07, 6.45) is 5.36. The van der Waals surface area contributed by atoms with E-state index in [2.05, 4.69) is 22.2 Å². The predicted molar refractivity (Wildman–Crippen MR) is 71.8 cm³/mol. The maximum absolute atomic E-state index is 10.9. The molecule has 0 aromatic carbocycles. The lowest BCUT2D eigenvalue weighted by Gasteiger charge is -2.09. The molecular formula is C13H14N4O2. The van der Waals surface area contributed by atoms with Gasteiger partial charge >= 0.3 is 5.69 Å². The summed E-state index contributed by atoms with van der Waals surface area (Å²) < 4.78 is 0. The van der Waals surface area contributed by atoms with Crippen molar-refractivity contribution in [2.45, 2.75) is 19.9 Å². The number of hydrogen-bond acceptors (Lipinski definition) is 5. The molecule has 1 N–H and O–H groups in total. The summed E-state index contributed by atoms with van der Waals surface area (Å²) in [5.41, 5.74) is 2.45. The van der Waals surface area contributed by atoms with E-state index in [1.54, 1.807) is 12.3 Å². The maximum atomic E-state index is 10.9. The summed E-state index contributed by atoms with van der Waals surface area (Å²) in [6.45, 7) is 2.50. The van der Waals surface area contributed by atoms with Gasteiger partial charge in [0, 0.05) is 12.4 Å². The van der Waals surface area contributed by atoms with Crippen LogP contribution in [0.5, 0.6) is 0 Å². The lowest BCUT2D eigenvalue weighted by molar-refractivity contribution is -0.384. The topological polar surface area (TPSA) is 81.0 Å². The first kappa shape index (κ1) is 12.9. The number of hydrogen-bond donors (Lipinski definition) is 1. The van der Waals surface area contributed by atoms with Crippen LogP contribution in [0.15, 0.2) is 36.8 Å². The Morgan fingerprint density at radius 2 is 2.21 bits per heavy atom. The second-order valence-corrected chi connectivity index (χ2v) is 3.97. The number of rotatable bonds is 5. The lowest BCUT2D eigenvalue weighted by Crippen LogP contribution is -2.06. The molecule has 0 fully saturated rings. The molecular weight excluding hydrogens is 244 g/mol. The van der Waals surface area contributed by atoms with Gasteiger partial charge in [0.25, 0.3) is 0 Å². The molecule has 0 atom stereocenters. The van der Waals surface area contributed by atoms with Crippen molar-refractivity contribution in [2.75, 3.05) is 5.32 Å². The first-order chi connectivity index (χ1) is 9.22. The third kappa shape index (κ3) is 3.04. The average molecular weight is 258 g/mol. The van der Waals surface area contributed by atoms with Crippen LogP contribution in [-0.2, 0) is 13.0 Å². The van der Waals surface area contributed by atoms with Crippen LogP contribution in [0.1, 0.15) is 18.2 Å². The van der Waals surface area contributed by atoms with E-state index in [-0.39, 0.29) is 5.69 Å². The molecule has 2 heterocycles. The van der Waals surface area contributed by atoms with Gasteiger partial charge in [-0.1, -0.05) is 13.0 Å². The van der Waals surface area contributed by atoms with Crippen molar-refractivity contribution in [3.8, 4) is 0 Å². The van der Waals surface area contributed by atoms with Gasteiger partial charge in [-0.2, -0.15) is 0 Å². The van der Waals surface area contributed by atoms with Crippen LogP contribution in [0.4, 0.5) is 11.4 Å². The number of pyridine rings is 2. The Balaban J connectivity index is 2.17. The molecule has 0 spiro atoms. The van der Waals surface area contributed by atoms with Gasteiger partial charge in [0.15, 0.2) is 0 Å². The van der Waals surface area contributed by atoms with Gasteiger partial charge in [-0.3, -0.25) is 20.1 Å². The number of nitrogens with one attached hydrogen (secondary N) is 1. The van der Waals surface area contributed by atoms with E-state index < -0.39 is 4.92 Å². The van der Waals surface area contributed by atoms with Crippen molar-refractivity contribution >= 4 is 11.4 Å². The summed E-state index contributed by atoms with van der Waals surface area (Å²) in [6, 6.07) is 5.48. The number of aromatic nitrogens is 2. The number of nitro groups is 1. The molecule has 0 aliphatic rings. The molecule has 0 bridgehead atoms. The molecule has 98 valence electrons. The molecule has 0 radical (unpaired) electrons. The molecule has 2 aromatic rings. The fourth-order valence-electron chi connectivity index (χ4n) is 1.81. The molecule has 0 amide bonds. The molecule has 0 aliphatic heterocycles. The second-order valence-electron chi connectivity index (χ2n) is 3.97. The first-order valence-electron chi connectivity index (χ1n) is 5.97. The summed E-state index contributed by atoms with van der Waals surface area (Å²) in [5.74, 6) is 0. The first-order valence-corrected chi connectivity index (χ1v) is 5.97. The zero-order chi connectivity index (χ0) is 13.7. The quantitative estimate of drug-likeness (QED) is 0.658. The van der Waals surface area contributed by atoms with Gasteiger partial charge in [0.2, 0.25) is 0 Å². The Morgan fingerprint density at radius 1 is 1.37 bits per heavy atom. The van der Waals surface area contributed by atoms with Gasteiger partial charge in [-0.15, -0.1) is 0 Å². The van der Waals surface area contributed by atoms with E-state index >= 15 is 0 Å². The highest BCUT2D eigenvalue weighted by Crippen LogP contribution is 2.22. The molecule has 2 aromatic heterocycles. The Hall–Kier alpha value is -2.50. The maximum Gasteiger partial charge on any atom is 0.310 e. The second kappa shape index (κ2) is 5.90. The Bertz CT molecular complexity index is 586. The summed E-state index contributed by atoms with van der Waals surface area (Å²) in [7, 11) is 0. The fraction of sp³-hybridized carbons (Fsp3) is 0.231. The van der Waals surface area contributed by atoms with Crippen molar-refractivity contribution in [3.05, 3.63) is 58.2 Å². The fourth-order valence-corrected chi connectivity index (χ4v) is 1.81. The molecule has 0 saturated carbocycles. The van der Waals surface area contributed by atoms with Gasteiger partial charge in [-0.25, -0.2) is 0 Å². The molecule has 0 unspecified atom stereocenters. The van der Waals surface area contributed by atoms with E-state index in [4.69, 9.17) is 0 Å². The van der Waals surface area contributed by atoms with Crippen LogP contribution in [0.25, 0.3) is 0 Å². The largest absolute Gasteiger partial charge is 0.374 e. The van der Waals surface area contributed by atoms with Crippen molar-refractivity contribution < 1.29 is 4.92 Å². The van der Waals surface area contributed by atoms with E-state index in [0.717, 1.165) is 17.7 Å². The van der Waals surface area contributed by atoms with Crippen molar-refractivity contribution in [2.24, 2.45) is 0 Å². The molecule has 0 saturated heterocycles. The minimum absolute atomic E-state index is 0.0310. The molecule has 2 rings (SSSR count). The van der Waals surface area contributed by atoms with Gasteiger partial charge < -0.3 is 5.32 Å². The molecule has 6 heteroatoms. The van der Waals surface area contributed by atoms with E-state index in [0.29, 0.717) is 12.2 Å². The SMILES string of the molecule is CCc1cccnc1CNc1ccncc1[N+](=O)[O-]. The van der Waals surface area contributed by atoms with Gasteiger partial charge in [-0.05, 0) is 24.1 Å². The van der Waals surface area contributed by atoms with Gasteiger partial charge in [0.05, 0.1) is 17.2 Å². The minimum atomic E-state index is -0.450. The normalized spacial score (nSPS) is 10.2. The van der Waals surface area contributed by atoms with Crippen LogP contribution in [0, 0.1) is 10.1 Å². The van der Waals surface area contributed by atoms with E-state index in [1.807, 2.05) is 12.1 Å². The summed E-state index contributed by atoms with van der Waals surface area (Å²) in [4.78, 5) is 18.5. The highest BCUT2D eigenvalue weighted by molar-refractivity contribution is 5.59. The standard InChI is InChI=1S/C13H14N4O2/c1-2-10-4-3-6-15-12(10)8-16-11-5-7-14-9-13(11)17(18)19/h3-7,9H,2,8H2,1H3,(H,14,16). The number of anilines is 1. The van der Waals surface area contributed by atoms with Crippen LogP contribution in [0.3, 0.4) is 0 Å². The van der Waals surface area contributed by atoms with Crippen molar-refractivity contribution in [1.82, 2.24) is 9.97 Å². The number of nitrogens with zero attached hydrogens (tertiary/aromatic N) is 3. The number of aryl methyl sites for hydroxylation is 1. The monoisotopic (exact) mass is 258 g/mol. The Morgan fingerprint density at radius 3 is 2.95 bits per heavy atom. The minimum Gasteiger partial charge on any atom is -0.374 e. The summed E-state index contributed by atoms with van der Waals surface area (Å²) in [5, 5.41) is 13.9. The average Bonchev–Trinajstić information content (AvgIpc) is 2.45. The predicted octanol–water partition coefficient (Wildman–Crippen LogP) is 2.56. The highest BCUT2D eigenvalue weighted by Gasteiger charge is 2.13.